The molecule has 0 aliphatic carbocycles. The van der Waals surface area contributed by atoms with Crippen molar-refractivity contribution in [3.05, 3.63) is 59.7 Å². The first kappa shape index (κ1) is 14.6. The second-order valence-corrected chi connectivity index (χ2v) is 6.58. The van der Waals surface area contributed by atoms with Gasteiger partial charge in [0.15, 0.2) is 9.84 Å². The summed E-state index contributed by atoms with van der Waals surface area (Å²) in [5.41, 5.74) is 7.92. The summed E-state index contributed by atoms with van der Waals surface area (Å²) in [6, 6.07) is 13.7. The molecular formula is C15H17NO3S. The molecule has 4 nitrogen and oxygen atoms in total. The highest BCUT2D eigenvalue weighted by molar-refractivity contribution is 7.90. The molecule has 2 aromatic rings. The van der Waals surface area contributed by atoms with Crippen molar-refractivity contribution >= 4 is 9.84 Å². The Kier molecular flexibility index (Phi) is 4.11. The normalized spacial score (nSPS) is 12.9. The van der Waals surface area contributed by atoms with Crippen LogP contribution in [0.1, 0.15) is 17.2 Å². The number of methoxy groups -OCH3 is 1. The van der Waals surface area contributed by atoms with E-state index in [1.165, 1.54) is 6.26 Å². The Morgan fingerprint density at radius 1 is 1.05 bits per heavy atom. The van der Waals surface area contributed by atoms with Crippen LogP contribution in [0.5, 0.6) is 5.75 Å². The summed E-state index contributed by atoms with van der Waals surface area (Å²) in [4.78, 5) is 0.286. The van der Waals surface area contributed by atoms with Crippen LogP contribution in [-0.4, -0.2) is 21.8 Å². The fraction of sp³-hybridized carbons (Fsp3) is 0.200. The summed E-state index contributed by atoms with van der Waals surface area (Å²) < 4.78 is 28.2. The quantitative estimate of drug-likeness (QED) is 0.937. The van der Waals surface area contributed by atoms with E-state index in [9.17, 15) is 8.42 Å². The lowest BCUT2D eigenvalue weighted by Gasteiger charge is -2.16. The molecule has 0 aromatic heterocycles. The molecule has 1 unspecified atom stereocenters. The summed E-state index contributed by atoms with van der Waals surface area (Å²) in [6.07, 6.45) is 1.18. The van der Waals surface area contributed by atoms with Crippen LogP contribution >= 0.6 is 0 Å². The van der Waals surface area contributed by atoms with Gasteiger partial charge in [0.2, 0.25) is 0 Å². The van der Waals surface area contributed by atoms with E-state index >= 15 is 0 Å². The van der Waals surface area contributed by atoms with E-state index in [1.807, 2.05) is 24.3 Å². The molecule has 0 bridgehead atoms. The third kappa shape index (κ3) is 3.00. The first-order valence-corrected chi connectivity index (χ1v) is 8.01. The van der Waals surface area contributed by atoms with Crippen LogP contribution in [-0.2, 0) is 9.84 Å². The fourth-order valence-electron chi connectivity index (χ4n) is 2.03. The number of hydrogen-bond acceptors (Lipinski definition) is 4. The predicted molar refractivity (Wildman–Crippen MR) is 78.6 cm³/mol. The lowest BCUT2D eigenvalue weighted by molar-refractivity contribution is 0.408. The van der Waals surface area contributed by atoms with Crippen molar-refractivity contribution in [1.82, 2.24) is 0 Å². The van der Waals surface area contributed by atoms with Gasteiger partial charge >= 0.3 is 0 Å². The van der Waals surface area contributed by atoms with E-state index in [2.05, 4.69) is 0 Å². The molecule has 1 atom stereocenters. The van der Waals surface area contributed by atoms with Crippen molar-refractivity contribution in [2.45, 2.75) is 10.9 Å². The average molecular weight is 291 g/mol. The summed E-state index contributed by atoms with van der Waals surface area (Å²) in [6.45, 7) is 0. The van der Waals surface area contributed by atoms with Gasteiger partial charge in [0.1, 0.15) is 5.75 Å². The summed E-state index contributed by atoms with van der Waals surface area (Å²) in [5, 5.41) is 0. The van der Waals surface area contributed by atoms with Crippen molar-refractivity contribution in [3.8, 4) is 5.75 Å². The number of sulfone groups is 1. The van der Waals surface area contributed by atoms with Gasteiger partial charge in [0.05, 0.1) is 18.0 Å². The van der Waals surface area contributed by atoms with E-state index in [0.29, 0.717) is 5.75 Å². The lowest BCUT2D eigenvalue weighted by Crippen LogP contribution is -2.13. The maximum Gasteiger partial charge on any atom is 0.175 e. The zero-order chi connectivity index (χ0) is 14.8. The van der Waals surface area contributed by atoms with Crippen LogP contribution in [0.15, 0.2) is 53.4 Å². The summed E-state index contributed by atoms with van der Waals surface area (Å²) in [5.74, 6) is 0.715. The van der Waals surface area contributed by atoms with Gasteiger partial charge in [0.25, 0.3) is 0 Å². The number of nitrogens with two attached hydrogens (primary N) is 1. The third-order valence-electron chi connectivity index (χ3n) is 3.14. The third-order valence-corrected chi connectivity index (χ3v) is 4.27. The van der Waals surface area contributed by atoms with Gasteiger partial charge in [0, 0.05) is 11.8 Å². The Labute approximate surface area is 119 Å². The van der Waals surface area contributed by atoms with Crippen molar-refractivity contribution in [1.29, 1.82) is 0 Å². The second-order valence-electron chi connectivity index (χ2n) is 4.56. The number of rotatable bonds is 4. The average Bonchev–Trinajstić information content (AvgIpc) is 2.45. The predicted octanol–water partition coefficient (Wildman–Crippen LogP) is 2.15. The van der Waals surface area contributed by atoms with Crippen LogP contribution in [0.4, 0.5) is 0 Å². The van der Waals surface area contributed by atoms with Crippen LogP contribution in [0.2, 0.25) is 0 Å². The summed E-state index contributed by atoms with van der Waals surface area (Å²) >= 11 is 0. The minimum atomic E-state index is -3.19. The standard InChI is InChI=1S/C15H17NO3S/c1-19-14-6-4-3-5-13(14)15(16)11-7-9-12(10-8-11)20(2,17)18/h3-10,15H,16H2,1-2H3. The Balaban J connectivity index is 2.36. The van der Waals surface area contributed by atoms with E-state index in [1.54, 1.807) is 31.4 Å². The minimum absolute atomic E-state index is 0.286. The highest BCUT2D eigenvalue weighted by Gasteiger charge is 2.14. The maximum atomic E-state index is 11.4. The van der Waals surface area contributed by atoms with Gasteiger partial charge in [-0.1, -0.05) is 30.3 Å². The first-order chi connectivity index (χ1) is 9.43. The Hall–Kier alpha value is -1.85. The molecule has 0 amide bonds. The molecule has 0 saturated heterocycles. The van der Waals surface area contributed by atoms with Gasteiger partial charge in [-0.25, -0.2) is 8.42 Å². The lowest BCUT2D eigenvalue weighted by atomic mass is 9.99. The van der Waals surface area contributed by atoms with Gasteiger partial charge < -0.3 is 10.5 Å². The molecule has 0 heterocycles. The Morgan fingerprint density at radius 2 is 1.65 bits per heavy atom. The van der Waals surface area contributed by atoms with Gasteiger partial charge in [-0.15, -0.1) is 0 Å². The zero-order valence-electron chi connectivity index (χ0n) is 11.4. The molecule has 2 N–H and O–H groups in total. The van der Waals surface area contributed by atoms with E-state index in [4.69, 9.17) is 10.5 Å². The summed E-state index contributed by atoms with van der Waals surface area (Å²) in [7, 11) is -1.59. The number of benzene rings is 2. The van der Waals surface area contributed by atoms with Crippen LogP contribution in [0.3, 0.4) is 0 Å². The Morgan fingerprint density at radius 3 is 2.20 bits per heavy atom. The number of ether oxygens (including phenoxy) is 1. The van der Waals surface area contributed by atoms with E-state index < -0.39 is 9.84 Å². The van der Waals surface area contributed by atoms with Crippen molar-refractivity contribution in [2.24, 2.45) is 5.73 Å². The highest BCUT2D eigenvalue weighted by Crippen LogP contribution is 2.28. The van der Waals surface area contributed by atoms with Crippen LogP contribution < -0.4 is 10.5 Å². The molecule has 2 rings (SSSR count). The largest absolute Gasteiger partial charge is 0.496 e. The van der Waals surface area contributed by atoms with Crippen molar-refractivity contribution in [2.75, 3.05) is 13.4 Å². The van der Waals surface area contributed by atoms with Crippen molar-refractivity contribution in [3.63, 3.8) is 0 Å². The second kappa shape index (κ2) is 5.64. The minimum Gasteiger partial charge on any atom is -0.496 e. The van der Waals surface area contributed by atoms with E-state index in [-0.39, 0.29) is 10.9 Å². The number of hydrogen-bond donors (Lipinski definition) is 1. The van der Waals surface area contributed by atoms with Gasteiger partial charge in [-0.3, -0.25) is 0 Å². The molecule has 0 spiro atoms. The highest BCUT2D eigenvalue weighted by atomic mass is 32.2. The molecule has 106 valence electrons. The Bertz CT molecular complexity index is 693. The zero-order valence-corrected chi connectivity index (χ0v) is 12.2. The molecule has 2 aromatic carbocycles. The molecule has 20 heavy (non-hydrogen) atoms. The molecule has 0 saturated carbocycles. The first-order valence-electron chi connectivity index (χ1n) is 6.12. The molecule has 0 aliphatic rings. The molecule has 0 radical (unpaired) electrons. The molecule has 5 heteroatoms. The smallest absolute Gasteiger partial charge is 0.175 e. The van der Waals surface area contributed by atoms with Gasteiger partial charge in [-0.2, -0.15) is 0 Å². The molecule has 0 fully saturated rings. The van der Waals surface area contributed by atoms with Crippen LogP contribution in [0.25, 0.3) is 0 Å². The molecule has 0 aliphatic heterocycles. The topological polar surface area (TPSA) is 69.4 Å². The SMILES string of the molecule is COc1ccccc1C(N)c1ccc(S(C)(=O)=O)cc1. The van der Waals surface area contributed by atoms with Crippen molar-refractivity contribution < 1.29 is 13.2 Å². The monoisotopic (exact) mass is 291 g/mol. The van der Waals surface area contributed by atoms with Gasteiger partial charge in [-0.05, 0) is 23.8 Å². The maximum absolute atomic E-state index is 11.4. The molecular weight excluding hydrogens is 274 g/mol. The number of para-hydroxylation sites is 1. The fourth-order valence-corrected chi connectivity index (χ4v) is 2.66. The van der Waals surface area contributed by atoms with E-state index in [0.717, 1.165) is 11.1 Å². The van der Waals surface area contributed by atoms with Crippen LogP contribution in [0, 0.1) is 0 Å².